The van der Waals surface area contributed by atoms with Crippen LogP contribution < -0.4 is 5.73 Å². The summed E-state index contributed by atoms with van der Waals surface area (Å²) in [6.45, 7) is 0. The van der Waals surface area contributed by atoms with Gasteiger partial charge in [-0.3, -0.25) is 9.48 Å². The fraction of sp³-hybridized carbons (Fsp3) is 0.231. The molecular weight excluding hydrogens is 269 g/mol. The predicted molar refractivity (Wildman–Crippen MR) is 70.3 cm³/mol. The van der Waals surface area contributed by atoms with Crippen molar-refractivity contribution in [3.63, 3.8) is 0 Å². The number of aryl methyl sites for hydroxylation is 1. The third-order valence-electron chi connectivity index (χ3n) is 2.81. The zero-order chi connectivity index (χ0) is 14.0. The molecule has 100 valence electrons. The molecule has 0 saturated carbocycles. The molecule has 0 aliphatic rings. The second-order valence-corrected chi connectivity index (χ2v) is 4.74. The largest absolute Gasteiger partial charge is 0.318 e. The lowest BCUT2D eigenvalue weighted by Gasteiger charge is -2.09. The molecule has 1 aromatic carbocycles. The summed E-state index contributed by atoms with van der Waals surface area (Å²) in [4.78, 5) is 12.0. The van der Waals surface area contributed by atoms with Crippen LogP contribution in [-0.2, 0) is 18.3 Å². The van der Waals surface area contributed by atoms with Gasteiger partial charge in [-0.05, 0) is 17.7 Å². The van der Waals surface area contributed by atoms with Crippen LogP contribution in [0.15, 0.2) is 30.6 Å². The number of aromatic nitrogens is 2. The van der Waals surface area contributed by atoms with Gasteiger partial charge in [0.05, 0.1) is 12.2 Å². The summed E-state index contributed by atoms with van der Waals surface area (Å²) in [5.74, 6) is -0.770. The molecule has 1 heterocycles. The molecule has 2 aromatic rings. The van der Waals surface area contributed by atoms with E-state index in [0.29, 0.717) is 10.6 Å². The van der Waals surface area contributed by atoms with Crippen molar-refractivity contribution in [1.82, 2.24) is 9.78 Å². The van der Waals surface area contributed by atoms with E-state index in [1.54, 1.807) is 24.0 Å². The number of nitrogens with two attached hydrogens (primary N) is 1. The number of hydrogen-bond acceptors (Lipinski definition) is 3. The maximum absolute atomic E-state index is 13.6. The quantitative estimate of drug-likeness (QED) is 0.933. The minimum Gasteiger partial charge on any atom is -0.318 e. The van der Waals surface area contributed by atoms with Crippen molar-refractivity contribution in [3.8, 4) is 0 Å². The number of hydrogen-bond donors (Lipinski definition) is 1. The molecule has 0 radical (unpaired) electrons. The highest BCUT2D eigenvalue weighted by Crippen LogP contribution is 2.18. The van der Waals surface area contributed by atoms with E-state index in [1.807, 2.05) is 0 Å². The van der Waals surface area contributed by atoms with Gasteiger partial charge in [0.25, 0.3) is 0 Å². The van der Waals surface area contributed by atoms with E-state index in [4.69, 9.17) is 17.3 Å². The summed E-state index contributed by atoms with van der Waals surface area (Å²) in [7, 11) is 1.74. The SMILES string of the molecule is Cn1cc(C(N)C(=O)Cc2ccc(Cl)cc2F)cn1. The predicted octanol–water partition coefficient (Wildman–Crippen LogP) is 2.02. The summed E-state index contributed by atoms with van der Waals surface area (Å²) in [5, 5.41) is 4.25. The van der Waals surface area contributed by atoms with Crippen LogP contribution in [0.1, 0.15) is 17.2 Å². The van der Waals surface area contributed by atoms with Gasteiger partial charge in [-0.15, -0.1) is 0 Å². The van der Waals surface area contributed by atoms with Gasteiger partial charge in [-0.2, -0.15) is 5.10 Å². The second kappa shape index (κ2) is 5.50. The zero-order valence-corrected chi connectivity index (χ0v) is 11.1. The number of carbonyl (C=O) groups excluding carboxylic acids is 1. The lowest BCUT2D eigenvalue weighted by atomic mass is 10.0. The van der Waals surface area contributed by atoms with Gasteiger partial charge >= 0.3 is 0 Å². The number of nitrogens with zero attached hydrogens (tertiary/aromatic N) is 2. The Kier molecular flexibility index (Phi) is 3.97. The molecule has 1 atom stereocenters. The molecule has 4 nitrogen and oxygen atoms in total. The fourth-order valence-corrected chi connectivity index (χ4v) is 1.91. The molecule has 0 amide bonds. The molecule has 0 aliphatic carbocycles. The van der Waals surface area contributed by atoms with E-state index >= 15 is 0 Å². The van der Waals surface area contributed by atoms with E-state index in [2.05, 4.69) is 5.10 Å². The van der Waals surface area contributed by atoms with Gasteiger partial charge in [0.2, 0.25) is 0 Å². The molecule has 0 spiro atoms. The normalized spacial score (nSPS) is 12.4. The molecule has 1 aromatic heterocycles. The number of Topliss-reactive ketones (excluding diaryl/α,β-unsaturated/α-hetero) is 1. The zero-order valence-electron chi connectivity index (χ0n) is 10.3. The van der Waals surface area contributed by atoms with Gasteiger partial charge in [-0.1, -0.05) is 17.7 Å². The molecular formula is C13H13ClFN3O. The standard InChI is InChI=1S/C13H13ClFN3O/c1-18-7-9(6-17-18)13(16)12(19)4-8-2-3-10(14)5-11(8)15/h2-3,5-7,13H,4,16H2,1H3. The first-order valence-electron chi connectivity index (χ1n) is 5.68. The summed E-state index contributed by atoms with van der Waals surface area (Å²) in [6.07, 6.45) is 3.13. The third-order valence-corrected chi connectivity index (χ3v) is 3.05. The molecule has 19 heavy (non-hydrogen) atoms. The summed E-state index contributed by atoms with van der Waals surface area (Å²) in [6, 6.07) is 3.41. The van der Waals surface area contributed by atoms with Gasteiger partial charge < -0.3 is 5.73 Å². The first-order valence-corrected chi connectivity index (χ1v) is 6.06. The summed E-state index contributed by atoms with van der Waals surface area (Å²) in [5.41, 5.74) is 6.73. The highest BCUT2D eigenvalue weighted by atomic mass is 35.5. The maximum Gasteiger partial charge on any atom is 0.158 e. The minimum atomic E-state index is -0.802. The highest BCUT2D eigenvalue weighted by Gasteiger charge is 2.19. The van der Waals surface area contributed by atoms with Gasteiger partial charge in [0.15, 0.2) is 5.78 Å². The van der Waals surface area contributed by atoms with Crippen LogP contribution in [0.3, 0.4) is 0 Å². The van der Waals surface area contributed by atoms with Crippen LogP contribution >= 0.6 is 11.6 Å². The number of carbonyl (C=O) groups is 1. The van der Waals surface area contributed by atoms with Crippen molar-refractivity contribution in [2.45, 2.75) is 12.5 Å². The van der Waals surface area contributed by atoms with Gasteiger partial charge in [-0.25, -0.2) is 4.39 Å². The van der Waals surface area contributed by atoms with Crippen LogP contribution in [0.25, 0.3) is 0 Å². The summed E-state index contributed by atoms with van der Waals surface area (Å²) >= 11 is 5.65. The van der Waals surface area contributed by atoms with Crippen LogP contribution in [-0.4, -0.2) is 15.6 Å². The Balaban J connectivity index is 2.12. The lowest BCUT2D eigenvalue weighted by Crippen LogP contribution is -2.23. The van der Waals surface area contributed by atoms with Crippen molar-refractivity contribution in [2.75, 3.05) is 0 Å². The molecule has 6 heteroatoms. The fourth-order valence-electron chi connectivity index (χ4n) is 1.75. The van der Waals surface area contributed by atoms with E-state index in [0.717, 1.165) is 0 Å². The van der Waals surface area contributed by atoms with Crippen LogP contribution in [0.4, 0.5) is 4.39 Å². The number of rotatable bonds is 4. The second-order valence-electron chi connectivity index (χ2n) is 4.30. The molecule has 0 aliphatic heterocycles. The smallest absolute Gasteiger partial charge is 0.158 e. The first-order chi connectivity index (χ1) is 8.97. The van der Waals surface area contributed by atoms with E-state index in [1.165, 1.54) is 18.3 Å². The van der Waals surface area contributed by atoms with Crippen molar-refractivity contribution in [2.24, 2.45) is 12.8 Å². The number of ketones is 1. The van der Waals surface area contributed by atoms with Crippen LogP contribution in [0.5, 0.6) is 0 Å². The monoisotopic (exact) mass is 281 g/mol. The Bertz CT molecular complexity index is 612. The molecule has 0 bridgehead atoms. The molecule has 0 saturated heterocycles. The van der Waals surface area contributed by atoms with Crippen molar-refractivity contribution in [3.05, 3.63) is 52.6 Å². The third kappa shape index (κ3) is 3.19. The van der Waals surface area contributed by atoms with Crippen molar-refractivity contribution >= 4 is 17.4 Å². The number of halogens is 2. The van der Waals surface area contributed by atoms with Crippen LogP contribution in [0, 0.1) is 5.82 Å². The topological polar surface area (TPSA) is 60.9 Å². The first kappa shape index (κ1) is 13.7. The lowest BCUT2D eigenvalue weighted by molar-refractivity contribution is -0.119. The van der Waals surface area contributed by atoms with Gasteiger partial charge in [0, 0.05) is 30.3 Å². The van der Waals surface area contributed by atoms with Gasteiger partial charge in [0.1, 0.15) is 5.82 Å². The summed E-state index contributed by atoms with van der Waals surface area (Å²) < 4.78 is 15.1. The number of benzene rings is 1. The maximum atomic E-state index is 13.6. The Morgan fingerprint density at radius 1 is 1.58 bits per heavy atom. The Hall–Kier alpha value is -1.72. The average molecular weight is 282 g/mol. The molecule has 1 unspecified atom stereocenters. The molecule has 0 fully saturated rings. The van der Waals surface area contributed by atoms with E-state index in [9.17, 15) is 9.18 Å². The molecule has 2 rings (SSSR count). The Morgan fingerprint density at radius 2 is 2.32 bits per heavy atom. The Labute approximate surface area is 115 Å². The van der Waals surface area contributed by atoms with E-state index in [-0.39, 0.29) is 17.8 Å². The van der Waals surface area contributed by atoms with Crippen molar-refractivity contribution < 1.29 is 9.18 Å². The Morgan fingerprint density at radius 3 is 2.89 bits per heavy atom. The van der Waals surface area contributed by atoms with Crippen LogP contribution in [0.2, 0.25) is 5.02 Å². The van der Waals surface area contributed by atoms with E-state index < -0.39 is 11.9 Å². The average Bonchev–Trinajstić information content (AvgIpc) is 2.78. The van der Waals surface area contributed by atoms with Crippen molar-refractivity contribution in [1.29, 1.82) is 0 Å². The minimum absolute atomic E-state index is 0.0704. The molecule has 2 N–H and O–H groups in total. The highest BCUT2D eigenvalue weighted by molar-refractivity contribution is 6.30.